The number of nitrogens with one attached hydrogen (secondary N) is 1. The Balaban J connectivity index is 1.87. The first-order valence-corrected chi connectivity index (χ1v) is 10.5. The molecule has 166 valence electrons. The van der Waals surface area contributed by atoms with E-state index in [0.717, 1.165) is 10.8 Å². The molecule has 4 rings (SSSR count). The summed E-state index contributed by atoms with van der Waals surface area (Å²) in [6.45, 7) is 3.93. The molecule has 0 radical (unpaired) electrons. The van der Waals surface area contributed by atoms with Crippen molar-refractivity contribution in [1.29, 1.82) is 0 Å². The van der Waals surface area contributed by atoms with Gasteiger partial charge in [-0.3, -0.25) is 9.59 Å². The first-order chi connectivity index (χ1) is 15.2. The van der Waals surface area contributed by atoms with Crippen LogP contribution in [-0.2, 0) is 17.4 Å². The molecule has 0 aliphatic carbocycles. The lowest BCUT2D eigenvalue weighted by molar-refractivity contribution is -0.125. The van der Waals surface area contributed by atoms with Crippen molar-refractivity contribution >= 4 is 45.6 Å². The molecular formula is C23H19Cl2F2N3O2. The summed E-state index contributed by atoms with van der Waals surface area (Å²) < 4.78 is 30.5. The number of aryl methyl sites for hydroxylation is 1. The van der Waals surface area contributed by atoms with Gasteiger partial charge in [-0.1, -0.05) is 29.8 Å². The Morgan fingerprint density at radius 1 is 1.19 bits per heavy atom. The van der Waals surface area contributed by atoms with Crippen molar-refractivity contribution in [3.63, 3.8) is 0 Å². The van der Waals surface area contributed by atoms with Crippen molar-refractivity contribution < 1.29 is 13.6 Å². The van der Waals surface area contributed by atoms with Gasteiger partial charge in [-0.25, -0.2) is 8.78 Å². The molecule has 1 aliphatic heterocycles. The first-order valence-electron chi connectivity index (χ1n) is 9.79. The standard InChI is InChI=1S/C23H19Cl2F2N3O2/c1-3-19(31)30-9-8-23(12-30,20-17(26)7-6-16(24)21(20)25)28-13-4-5-14-15(10-13)22(32)29(2)11-18(14)27/h3-7,10-11,28H,1,8-9,12H2,2H3/t23-/m1/s1. The highest BCUT2D eigenvalue weighted by molar-refractivity contribution is 6.42. The summed E-state index contributed by atoms with van der Waals surface area (Å²) in [6, 6.07) is 7.18. The van der Waals surface area contributed by atoms with Crippen LogP contribution in [-0.4, -0.2) is 28.5 Å². The van der Waals surface area contributed by atoms with Crippen molar-refractivity contribution in [1.82, 2.24) is 9.47 Å². The van der Waals surface area contributed by atoms with Crippen molar-refractivity contribution in [2.45, 2.75) is 12.0 Å². The zero-order valence-corrected chi connectivity index (χ0v) is 18.6. The van der Waals surface area contributed by atoms with E-state index in [9.17, 15) is 14.0 Å². The van der Waals surface area contributed by atoms with E-state index >= 15 is 4.39 Å². The quantitative estimate of drug-likeness (QED) is 0.431. The molecule has 1 amide bonds. The molecule has 3 aromatic rings. The van der Waals surface area contributed by atoms with Gasteiger partial charge in [-0.2, -0.15) is 0 Å². The number of hydrogen-bond acceptors (Lipinski definition) is 3. The molecule has 1 atom stereocenters. The van der Waals surface area contributed by atoms with Crippen molar-refractivity contribution in [2.75, 3.05) is 18.4 Å². The Labute approximate surface area is 192 Å². The molecule has 0 unspecified atom stereocenters. The smallest absolute Gasteiger partial charge is 0.258 e. The predicted molar refractivity (Wildman–Crippen MR) is 122 cm³/mol. The second-order valence-corrected chi connectivity index (χ2v) is 8.58. The number of fused-ring (bicyclic) bond motifs is 1. The lowest BCUT2D eigenvalue weighted by Crippen LogP contribution is -2.41. The summed E-state index contributed by atoms with van der Waals surface area (Å²) in [7, 11) is 1.46. The summed E-state index contributed by atoms with van der Waals surface area (Å²) in [5.74, 6) is -1.42. The molecule has 9 heteroatoms. The third-order valence-electron chi connectivity index (χ3n) is 5.80. The van der Waals surface area contributed by atoms with E-state index in [1.165, 1.54) is 42.3 Å². The second kappa shape index (κ2) is 8.22. The van der Waals surface area contributed by atoms with E-state index in [0.29, 0.717) is 18.7 Å². The summed E-state index contributed by atoms with van der Waals surface area (Å²) in [5, 5.41) is 3.82. The number of carbonyl (C=O) groups excluding carboxylic acids is 1. The number of benzene rings is 2. The van der Waals surface area contributed by atoms with Gasteiger partial charge in [0.15, 0.2) is 0 Å². The zero-order valence-electron chi connectivity index (χ0n) is 17.1. The van der Waals surface area contributed by atoms with Gasteiger partial charge in [-0.05, 0) is 42.8 Å². The minimum Gasteiger partial charge on any atom is -0.374 e. The fourth-order valence-corrected chi connectivity index (χ4v) is 4.72. The number of aromatic nitrogens is 1. The summed E-state index contributed by atoms with van der Waals surface area (Å²) in [6.07, 6.45) is 2.63. The molecule has 5 nitrogen and oxygen atoms in total. The number of nitrogens with zero attached hydrogens (tertiary/aromatic N) is 2. The van der Waals surface area contributed by atoms with Gasteiger partial charge in [0.05, 0.1) is 21.0 Å². The van der Waals surface area contributed by atoms with Gasteiger partial charge >= 0.3 is 0 Å². The van der Waals surface area contributed by atoms with E-state index in [1.54, 1.807) is 6.07 Å². The van der Waals surface area contributed by atoms with Gasteiger partial charge < -0.3 is 14.8 Å². The first kappa shape index (κ1) is 22.3. The molecule has 0 spiro atoms. The maximum absolute atomic E-state index is 15.1. The largest absolute Gasteiger partial charge is 0.374 e. The number of hydrogen-bond donors (Lipinski definition) is 1. The van der Waals surface area contributed by atoms with Crippen LogP contribution in [0.15, 0.2) is 54.0 Å². The average Bonchev–Trinajstić information content (AvgIpc) is 3.19. The Morgan fingerprint density at radius 3 is 2.66 bits per heavy atom. The molecule has 1 saturated heterocycles. The number of rotatable bonds is 4. The summed E-state index contributed by atoms with van der Waals surface area (Å²) >= 11 is 12.6. The van der Waals surface area contributed by atoms with Gasteiger partial charge in [0.1, 0.15) is 11.6 Å². The lowest BCUT2D eigenvalue weighted by Gasteiger charge is -2.33. The molecule has 1 fully saturated rings. The monoisotopic (exact) mass is 477 g/mol. The van der Waals surface area contributed by atoms with Crippen LogP contribution in [0.1, 0.15) is 12.0 Å². The van der Waals surface area contributed by atoms with E-state index in [2.05, 4.69) is 11.9 Å². The number of halogens is 4. The van der Waals surface area contributed by atoms with Crippen LogP contribution in [0.3, 0.4) is 0 Å². The van der Waals surface area contributed by atoms with Crippen LogP contribution in [0.5, 0.6) is 0 Å². The number of likely N-dealkylation sites (tertiary alicyclic amines) is 1. The second-order valence-electron chi connectivity index (χ2n) is 7.79. The van der Waals surface area contributed by atoms with E-state index in [4.69, 9.17) is 23.2 Å². The molecule has 32 heavy (non-hydrogen) atoms. The van der Waals surface area contributed by atoms with E-state index in [-0.39, 0.29) is 44.4 Å². The van der Waals surface area contributed by atoms with Crippen molar-refractivity contribution in [3.8, 4) is 0 Å². The maximum atomic E-state index is 15.1. The van der Waals surface area contributed by atoms with E-state index < -0.39 is 17.2 Å². The van der Waals surface area contributed by atoms with Gasteiger partial charge in [0.25, 0.3) is 5.56 Å². The fourth-order valence-electron chi connectivity index (χ4n) is 4.23. The van der Waals surface area contributed by atoms with E-state index in [1.807, 2.05) is 0 Å². The molecule has 2 aromatic carbocycles. The fraction of sp³-hybridized carbons (Fsp3) is 0.217. The van der Waals surface area contributed by atoms with Crippen molar-refractivity contribution in [2.24, 2.45) is 7.05 Å². The van der Waals surface area contributed by atoms with Crippen molar-refractivity contribution in [3.05, 3.63) is 86.8 Å². The number of pyridine rings is 1. The highest BCUT2D eigenvalue weighted by Crippen LogP contribution is 2.43. The summed E-state index contributed by atoms with van der Waals surface area (Å²) in [4.78, 5) is 26.3. The van der Waals surface area contributed by atoms with Gasteiger partial charge in [0.2, 0.25) is 5.91 Å². The molecule has 1 aromatic heterocycles. The predicted octanol–water partition coefficient (Wildman–Crippen LogP) is 4.85. The Kier molecular flexibility index (Phi) is 5.73. The number of anilines is 1. The highest BCUT2D eigenvalue weighted by atomic mass is 35.5. The topological polar surface area (TPSA) is 54.3 Å². The maximum Gasteiger partial charge on any atom is 0.258 e. The van der Waals surface area contributed by atoms with Crippen LogP contribution in [0, 0.1) is 11.6 Å². The Bertz CT molecular complexity index is 1320. The normalized spacial score (nSPS) is 18.2. The molecular weight excluding hydrogens is 459 g/mol. The van der Waals surface area contributed by atoms with Crippen LogP contribution in [0.25, 0.3) is 10.8 Å². The zero-order chi connectivity index (χ0) is 23.2. The third kappa shape index (κ3) is 3.65. The SMILES string of the molecule is C=CC(=O)N1CC[C@](Nc2ccc3c(F)cn(C)c(=O)c3c2)(c2c(F)ccc(Cl)c2Cl)C1. The number of carbonyl (C=O) groups is 1. The molecule has 1 aliphatic rings. The van der Waals surface area contributed by atoms with Gasteiger partial charge in [0, 0.05) is 43.0 Å². The summed E-state index contributed by atoms with van der Waals surface area (Å²) in [5.41, 5.74) is -0.931. The third-order valence-corrected chi connectivity index (χ3v) is 6.60. The van der Waals surface area contributed by atoms with Crippen LogP contribution in [0.4, 0.5) is 14.5 Å². The highest BCUT2D eigenvalue weighted by Gasteiger charge is 2.44. The Morgan fingerprint density at radius 2 is 1.94 bits per heavy atom. The minimum atomic E-state index is -1.13. The molecule has 2 heterocycles. The Hall–Kier alpha value is -2.90. The van der Waals surface area contributed by atoms with Crippen LogP contribution >= 0.6 is 23.2 Å². The average molecular weight is 478 g/mol. The lowest BCUT2D eigenvalue weighted by atomic mass is 9.87. The molecule has 0 bridgehead atoms. The van der Waals surface area contributed by atoms with Gasteiger partial charge in [-0.15, -0.1) is 0 Å². The number of amides is 1. The van der Waals surface area contributed by atoms with Crippen LogP contribution in [0.2, 0.25) is 10.0 Å². The van der Waals surface area contributed by atoms with Crippen LogP contribution < -0.4 is 10.9 Å². The minimum absolute atomic E-state index is 0.0369. The molecule has 0 saturated carbocycles. The molecule has 1 N–H and O–H groups in total.